The van der Waals surface area contributed by atoms with Crippen LogP contribution in [0.25, 0.3) is 0 Å². The molecular formula is C17H32N2O3. The van der Waals surface area contributed by atoms with Gasteiger partial charge in [-0.15, -0.1) is 10.1 Å². The summed E-state index contributed by atoms with van der Waals surface area (Å²) in [6.07, 6.45) is 10.7. The molecule has 0 saturated heterocycles. The monoisotopic (exact) mass is 312 g/mol. The van der Waals surface area contributed by atoms with Gasteiger partial charge in [-0.25, -0.2) is 0 Å². The highest BCUT2D eigenvalue weighted by atomic mass is 16.9. The standard InChI is InChI=1S/C17H32N2O3/c1-4-7-15-12-16(3,5-2)14-17(13-15,9-10-18)8-6-11-22-19(20)21/h7H,4-6,8-14,18H2,1-3H3/b15-7-. The maximum atomic E-state index is 10.3. The molecule has 5 heteroatoms. The minimum absolute atomic E-state index is 0.179. The van der Waals surface area contributed by atoms with E-state index in [0.717, 1.165) is 44.9 Å². The van der Waals surface area contributed by atoms with E-state index in [1.807, 2.05) is 0 Å². The fourth-order valence-electron chi connectivity index (χ4n) is 4.18. The molecule has 0 aliphatic heterocycles. The first-order valence-corrected chi connectivity index (χ1v) is 8.54. The Labute approximate surface area is 134 Å². The van der Waals surface area contributed by atoms with E-state index in [1.54, 1.807) is 5.57 Å². The molecule has 0 heterocycles. The molecule has 1 saturated carbocycles. The molecule has 1 rings (SSSR count). The number of nitrogens with zero attached hydrogens (tertiary/aromatic N) is 1. The van der Waals surface area contributed by atoms with E-state index in [-0.39, 0.29) is 12.0 Å². The minimum atomic E-state index is -0.699. The Morgan fingerprint density at radius 3 is 2.64 bits per heavy atom. The number of hydrogen-bond donors (Lipinski definition) is 1. The first-order chi connectivity index (χ1) is 10.4. The van der Waals surface area contributed by atoms with Gasteiger partial charge in [-0.3, -0.25) is 0 Å². The summed E-state index contributed by atoms with van der Waals surface area (Å²) >= 11 is 0. The van der Waals surface area contributed by atoms with Gasteiger partial charge in [0.15, 0.2) is 0 Å². The summed E-state index contributed by atoms with van der Waals surface area (Å²) in [7, 11) is 0. The summed E-state index contributed by atoms with van der Waals surface area (Å²) < 4.78 is 0. The molecule has 2 N–H and O–H groups in total. The van der Waals surface area contributed by atoms with E-state index < -0.39 is 5.09 Å². The van der Waals surface area contributed by atoms with Gasteiger partial charge in [0.05, 0.1) is 6.61 Å². The smallest absolute Gasteiger partial charge is 0.294 e. The van der Waals surface area contributed by atoms with Crippen LogP contribution in [0.4, 0.5) is 0 Å². The molecule has 1 fully saturated rings. The van der Waals surface area contributed by atoms with Crippen molar-refractivity contribution < 1.29 is 9.92 Å². The molecule has 0 radical (unpaired) electrons. The van der Waals surface area contributed by atoms with Crippen LogP contribution in [-0.2, 0) is 4.84 Å². The van der Waals surface area contributed by atoms with Crippen LogP contribution in [0.2, 0.25) is 0 Å². The third-order valence-electron chi connectivity index (χ3n) is 5.13. The minimum Gasteiger partial charge on any atom is -0.330 e. The highest BCUT2D eigenvalue weighted by Gasteiger charge is 2.42. The summed E-state index contributed by atoms with van der Waals surface area (Å²) in [6.45, 7) is 7.68. The fourth-order valence-corrected chi connectivity index (χ4v) is 4.18. The number of hydrogen-bond acceptors (Lipinski definition) is 4. The first kappa shape index (κ1) is 18.9. The molecular weight excluding hydrogens is 280 g/mol. The molecule has 2 atom stereocenters. The van der Waals surface area contributed by atoms with Crippen LogP contribution in [0.5, 0.6) is 0 Å². The van der Waals surface area contributed by atoms with Crippen molar-refractivity contribution in [1.82, 2.24) is 0 Å². The maximum absolute atomic E-state index is 10.3. The van der Waals surface area contributed by atoms with Gasteiger partial charge in [-0.05, 0) is 62.3 Å². The Balaban J connectivity index is 2.83. The van der Waals surface area contributed by atoms with Crippen LogP contribution < -0.4 is 5.73 Å². The number of rotatable bonds is 9. The maximum Gasteiger partial charge on any atom is 0.294 e. The first-order valence-electron chi connectivity index (χ1n) is 8.54. The van der Waals surface area contributed by atoms with Crippen LogP contribution in [0.3, 0.4) is 0 Å². The van der Waals surface area contributed by atoms with Gasteiger partial charge >= 0.3 is 0 Å². The van der Waals surface area contributed by atoms with Crippen molar-refractivity contribution in [3.8, 4) is 0 Å². The molecule has 1 aliphatic carbocycles. The van der Waals surface area contributed by atoms with Gasteiger partial charge in [0.1, 0.15) is 0 Å². The Kier molecular flexibility index (Phi) is 7.33. The normalized spacial score (nSPS) is 30.5. The highest BCUT2D eigenvalue weighted by molar-refractivity contribution is 5.14. The molecule has 0 spiro atoms. The molecule has 128 valence electrons. The predicted octanol–water partition coefficient (Wildman–Crippen LogP) is 4.25. The van der Waals surface area contributed by atoms with Crippen molar-refractivity contribution in [2.75, 3.05) is 13.2 Å². The quantitative estimate of drug-likeness (QED) is 0.299. The van der Waals surface area contributed by atoms with Crippen molar-refractivity contribution in [3.63, 3.8) is 0 Å². The average Bonchev–Trinajstić information content (AvgIpc) is 2.44. The molecule has 2 unspecified atom stereocenters. The van der Waals surface area contributed by atoms with Crippen LogP contribution in [0.15, 0.2) is 11.6 Å². The van der Waals surface area contributed by atoms with Crippen molar-refractivity contribution in [3.05, 3.63) is 21.8 Å². The zero-order chi connectivity index (χ0) is 16.6. The van der Waals surface area contributed by atoms with Gasteiger partial charge in [0.25, 0.3) is 5.09 Å². The molecule has 1 aliphatic rings. The molecule has 5 nitrogen and oxygen atoms in total. The van der Waals surface area contributed by atoms with Gasteiger partial charge in [0, 0.05) is 0 Å². The van der Waals surface area contributed by atoms with Crippen LogP contribution in [-0.4, -0.2) is 18.2 Å². The van der Waals surface area contributed by atoms with E-state index in [9.17, 15) is 10.1 Å². The van der Waals surface area contributed by atoms with Gasteiger partial charge in [0.2, 0.25) is 0 Å². The lowest BCUT2D eigenvalue weighted by molar-refractivity contribution is -0.757. The predicted molar refractivity (Wildman–Crippen MR) is 88.9 cm³/mol. The molecule has 0 bridgehead atoms. The summed E-state index contributed by atoms with van der Waals surface area (Å²) in [6, 6.07) is 0. The largest absolute Gasteiger partial charge is 0.330 e. The van der Waals surface area contributed by atoms with E-state index in [2.05, 4.69) is 31.7 Å². The summed E-state index contributed by atoms with van der Waals surface area (Å²) in [5, 5.41) is 9.60. The van der Waals surface area contributed by atoms with Gasteiger partial charge < -0.3 is 10.6 Å². The molecule has 22 heavy (non-hydrogen) atoms. The average molecular weight is 312 g/mol. The van der Waals surface area contributed by atoms with Crippen molar-refractivity contribution in [2.24, 2.45) is 16.6 Å². The van der Waals surface area contributed by atoms with E-state index in [0.29, 0.717) is 12.0 Å². The lowest BCUT2D eigenvalue weighted by atomic mass is 9.57. The van der Waals surface area contributed by atoms with Crippen LogP contribution in [0, 0.1) is 20.9 Å². The Bertz CT molecular complexity index is 397. The van der Waals surface area contributed by atoms with E-state index in [4.69, 9.17) is 5.73 Å². The molecule has 0 aromatic carbocycles. The van der Waals surface area contributed by atoms with Crippen molar-refractivity contribution in [1.29, 1.82) is 0 Å². The van der Waals surface area contributed by atoms with Gasteiger partial charge in [-0.2, -0.15) is 0 Å². The Morgan fingerprint density at radius 1 is 1.36 bits per heavy atom. The van der Waals surface area contributed by atoms with E-state index >= 15 is 0 Å². The lowest BCUT2D eigenvalue weighted by Gasteiger charge is -2.48. The van der Waals surface area contributed by atoms with E-state index in [1.165, 1.54) is 6.42 Å². The second-order valence-electron chi connectivity index (χ2n) is 7.16. The fraction of sp³-hybridized carbons (Fsp3) is 0.882. The zero-order valence-corrected chi connectivity index (χ0v) is 14.4. The summed E-state index contributed by atoms with van der Waals surface area (Å²) in [4.78, 5) is 14.8. The topological polar surface area (TPSA) is 78.4 Å². The number of allylic oxidation sites excluding steroid dienone is 2. The van der Waals surface area contributed by atoms with Crippen LogP contribution in [0.1, 0.15) is 72.1 Å². The van der Waals surface area contributed by atoms with Gasteiger partial charge in [-0.1, -0.05) is 38.8 Å². The second-order valence-corrected chi connectivity index (χ2v) is 7.16. The highest BCUT2D eigenvalue weighted by Crippen LogP contribution is 2.54. The zero-order valence-electron chi connectivity index (χ0n) is 14.4. The molecule has 0 aromatic rings. The number of nitrogens with two attached hydrogens (primary N) is 1. The lowest BCUT2D eigenvalue weighted by Crippen LogP contribution is -2.37. The van der Waals surface area contributed by atoms with Crippen LogP contribution >= 0.6 is 0 Å². The third kappa shape index (κ3) is 5.59. The Hall–Kier alpha value is -1.10. The SMILES string of the molecule is CC/C=C1/CC(C)(CC)CC(CCN)(CCCO[N+](=O)[O-])C1. The van der Waals surface area contributed by atoms with Crippen molar-refractivity contribution >= 4 is 0 Å². The third-order valence-corrected chi connectivity index (χ3v) is 5.13. The summed E-state index contributed by atoms with van der Waals surface area (Å²) in [5.41, 5.74) is 7.93. The Morgan fingerprint density at radius 2 is 2.09 bits per heavy atom. The molecule has 0 aromatic heterocycles. The summed E-state index contributed by atoms with van der Waals surface area (Å²) in [5.74, 6) is 0. The molecule has 0 amide bonds. The second kappa shape index (κ2) is 8.51. The van der Waals surface area contributed by atoms with Crippen molar-refractivity contribution in [2.45, 2.75) is 72.1 Å².